The van der Waals surface area contributed by atoms with Crippen LogP contribution in [0, 0.1) is 0 Å². The number of hydrogen-bond acceptors (Lipinski definition) is 4. The molecular formula is C12H14N2OS. The van der Waals surface area contributed by atoms with Crippen molar-refractivity contribution in [2.24, 2.45) is 0 Å². The lowest BCUT2D eigenvalue weighted by Gasteiger charge is -2.24. The fourth-order valence-electron chi connectivity index (χ4n) is 2.02. The zero-order valence-electron chi connectivity index (χ0n) is 8.98. The van der Waals surface area contributed by atoms with Crippen molar-refractivity contribution >= 4 is 27.2 Å². The van der Waals surface area contributed by atoms with E-state index in [9.17, 15) is 0 Å². The van der Waals surface area contributed by atoms with Gasteiger partial charge in [0.2, 0.25) is 0 Å². The minimum absolute atomic E-state index is 0.555. The van der Waals surface area contributed by atoms with Gasteiger partial charge in [0.15, 0.2) is 0 Å². The molecule has 1 saturated heterocycles. The second-order valence-corrected chi connectivity index (χ2v) is 4.95. The molecule has 1 aromatic heterocycles. The van der Waals surface area contributed by atoms with Crippen molar-refractivity contribution in [2.45, 2.75) is 18.9 Å². The third-order valence-corrected chi connectivity index (χ3v) is 3.72. The lowest BCUT2D eigenvalue weighted by atomic mass is 10.1. The van der Waals surface area contributed by atoms with Crippen LogP contribution in [0.3, 0.4) is 0 Å². The van der Waals surface area contributed by atoms with Crippen molar-refractivity contribution < 1.29 is 4.74 Å². The van der Waals surface area contributed by atoms with Crippen LogP contribution >= 0.6 is 11.3 Å². The van der Waals surface area contributed by atoms with Crippen molar-refractivity contribution in [1.29, 1.82) is 0 Å². The maximum Gasteiger partial charge on any atom is 0.0813 e. The Morgan fingerprint density at radius 2 is 2.19 bits per heavy atom. The second kappa shape index (κ2) is 4.39. The van der Waals surface area contributed by atoms with Crippen LogP contribution in [0.15, 0.2) is 23.7 Å². The Morgan fingerprint density at radius 3 is 3.06 bits per heavy atom. The van der Waals surface area contributed by atoms with Gasteiger partial charge in [-0.3, -0.25) is 0 Å². The third kappa shape index (κ3) is 2.03. The Hall–Kier alpha value is -1.13. The summed E-state index contributed by atoms with van der Waals surface area (Å²) in [6.45, 7) is 1.75. The number of aromatic nitrogens is 1. The number of benzene rings is 1. The Morgan fingerprint density at radius 1 is 1.31 bits per heavy atom. The SMILES string of the molecule is c1nc2ccc(NC3CCOCC3)cc2s1. The van der Waals surface area contributed by atoms with Gasteiger partial charge in [-0.2, -0.15) is 0 Å². The number of thiazole rings is 1. The zero-order chi connectivity index (χ0) is 10.8. The van der Waals surface area contributed by atoms with E-state index < -0.39 is 0 Å². The molecule has 2 heterocycles. The summed E-state index contributed by atoms with van der Waals surface area (Å²) in [5.74, 6) is 0. The topological polar surface area (TPSA) is 34.2 Å². The molecule has 0 radical (unpaired) electrons. The monoisotopic (exact) mass is 234 g/mol. The first-order chi connectivity index (χ1) is 7.92. The van der Waals surface area contributed by atoms with Crippen LogP contribution in [-0.4, -0.2) is 24.2 Å². The molecule has 4 heteroatoms. The van der Waals surface area contributed by atoms with E-state index in [4.69, 9.17) is 4.74 Å². The van der Waals surface area contributed by atoms with Crippen molar-refractivity contribution in [3.8, 4) is 0 Å². The quantitative estimate of drug-likeness (QED) is 0.867. The van der Waals surface area contributed by atoms with E-state index in [2.05, 4.69) is 28.5 Å². The molecule has 0 atom stereocenters. The highest BCUT2D eigenvalue weighted by Gasteiger charge is 2.13. The van der Waals surface area contributed by atoms with Gasteiger partial charge in [-0.15, -0.1) is 11.3 Å². The Labute approximate surface area is 98.5 Å². The van der Waals surface area contributed by atoms with Gasteiger partial charge in [0, 0.05) is 24.9 Å². The van der Waals surface area contributed by atoms with Gasteiger partial charge in [-0.1, -0.05) is 0 Å². The van der Waals surface area contributed by atoms with E-state index in [-0.39, 0.29) is 0 Å². The first-order valence-electron chi connectivity index (χ1n) is 5.59. The van der Waals surface area contributed by atoms with E-state index >= 15 is 0 Å². The molecule has 3 nitrogen and oxygen atoms in total. The normalized spacial score (nSPS) is 17.8. The van der Waals surface area contributed by atoms with Crippen molar-refractivity contribution in [1.82, 2.24) is 4.98 Å². The largest absolute Gasteiger partial charge is 0.382 e. The summed E-state index contributed by atoms with van der Waals surface area (Å²) in [5.41, 5.74) is 4.18. The second-order valence-electron chi connectivity index (χ2n) is 4.07. The summed E-state index contributed by atoms with van der Waals surface area (Å²) < 4.78 is 6.59. The molecule has 0 amide bonds. The highest BCUT2D eigenvalue weighted by atomic mass is 32.1. The molecule has 1 N–H and O–H groups in total. The molecule has 0 saturated carbocycles. The first kappa shape index (κ1) is 10.1. The van der Waals surface area contributed by atoms with Gasteiger partial charge < -0.3 is 10.1 Å². The summed E-state index contributed by atoms with van der Waals surface area (Å²) in [6.07, 6.45) is 2.20. The number of anilines is 1. The highest BCUT2D eigenvalue weighted by Crippen LogP contribution is 2.23. The number of rotatable bonds is 2. The molecule has 1 fully saturated rings. The van der Waals surface area contributed by atoms with Crippen molar-refractivity contribution in [3.05, 3.63) is 23.7 Å². The molecule has 0 bridgehead atoms. The summed E-state index contributed by atoms with van der Waals surface area (Å²) in [4.78, 5) is 4.28. The van der Waals surface area contributed by atoms with Crippen LogP contribution in [0.1, 0.15) is 12.8 Å². The molecule has 0 spiro atoms. The summed E-state index contributed by atoms with van der Waals surface area (Å²) in [5, 5.41) is 3.56. The van der Waals surface area contributed by atoms with Gasteiger partial charge >= 0.3 is 0 Å². The molecule has 1 aromatic carbocycles. The smallest absolute Gasteiger partial charge is 0.0813 e. The predicted molar refractivity (Wildman–Crippen MR) is 67.1 cm³/mol. The Bertz CT molecular complexity index is 477. The minimum Gasteiger partial charge on any atom is -0.382 e. The van der Waals surface area contributed by atoms with Crippen LogP contribution in [-0.2, 0) is 4.74 Å². The van der Waals surface area contributed by atoms with E-state index in [0.717, 1.165) is 31.6 Å². The Balaban J connectivity index is 1.77. The van der Waals surface area contributed by atoms with E-state index in [0.29, 0.717) is 6.04 Å². The molecule has 84 valence electrons. The van der Waals surface area contributed by atoms with Crippen LogP contribution in [0.25, 0.3) is 10.2 Å². The molecule has 2 aromatic rings. The number of ether oxygens (including phenoxy) is 1. The summed E-state index contributed by atoms with van der Waals surface area (Å²) in [7, 11) is 0. The fourth-order valence-corrected chi connectivity index (χ4v) is 2.74. The van der Waals surface area contributed by atoms with Gasteiger partial charge in [0.05, 0.1) is 15.7 Å². The van der Waals surface area contributed by atoms with Crippen LogP contribution in [0.2, 0.25) is 0 Å². The fraction of sp³-hybridized carbons (Fsp3) is 0.417. The maximum absolute atomic E-state index is 5.35. The summed E-state index contributed by atoms with van der Waals surface area (Å²) >= 11 is 1.69. The van der Waals surface area contributed by atoms with Gasteiger partial charge in [-0.05, 0) is 31.0 Å². The molecule has 0 unspecified atom stereocenters. The van der Waals surface area contributed by atoms with Crippen molar-refractivity contribution in [3.63, 3.8) is 0 Å². The van der Waals surface area contributed by atoms with Crippen LogP contribution in [0.5, 0.6) is 0 Å². The number of fused-ring (bicyclic) bond motifs is 1. The van der Waals surface area contributed by atoms with Gasteiger partial charge in [0.25, 0.3) is 0 Å². The minimum atomic E-state index is 0.555. The number of hydrogen-bond donors (Lipinski definition) is 1. The number of nitrogens with zero attached hydrogens (tertiary/aromatic N) is 1. The van der Waals surface area contributed by atoms with Crippen molar-refractivity contribution in [2.75, 3.05) is 18.5 Å². The standard InChI is InChI=1S/C12H14N2OS/c1-2-11-12(16-8-13-11)7-10(1)14-9-3-5-15-6-4-9/h1-2,7-9,14H,3-6H2. The summed E-state index contributed by atoms with van der Waals surface area (Å²) in [6, 6.07) is 6.92. The predicted octanol–water partition coefficient (Wildman–Crippen LogP) is 2.89. The zero-order valence-corrected chi connectivity index (χ0v) is 9.80. The average molecular weight is 234 g/mol. The lowest BCUT2D eigenvalue weighted by Crippen LogP contribution is -2.27. The molecule has 1 aliphatic rings. The lowest BCUT2D eigenvalue weighted by molar-refractivity contribution is 0.0904. The molecule has 1 aliphatic heterocycles. The molecule has 0 aliphatic carbocycles. The van der Waals surface area contributed by atoms with Gasteiger partial charge in [0.1, 0.15) is 0 Å². The van der Waals surface area contributed by atoms with E-state index in [1.165, 1.54) is 10.4 Å². The molecule has 16 heavy (non-hydrogen) atoms. The first-order valence-corrected chi connectivity index (χ1v) is 6.47. The maximum atomic E-state index is 5.35. The third-order valence-electron chi connectivity index (χ3n) is 2.92. The van der Waals surface area contributed by atoms with Crippen LogP contribution < -0.4 is 5.32 Å². The molecular weight excluding hydrogens is 220 g/mol. The number of nitrogens with one attached hydrogen (secondary N) is 1. The highest BCUT2D eigenvalue weighted by molar-refractivity contribution is 7.16. The van der Waals surface area contributed by atoms with Crippen LogP contribution in [0.4, 0.5) is 5.69 Å². The molecule has 3 rings (SSSR count). The average Bonchev–Trinajstić information content (AvgIpc) is 2.77. The van der Waals surface area contributed by atoms with E-state index in [1.54, 1.807) is 11.3 Å². The van der Waals surface area contributed by atoms with Gasteiger partial charge in [-0.25, -0.2) is 4.98 Å². The Kier molecular flexibility index (Phi) is 2.76. The van der Waals surface area contributed by atoms with E-state index in [1.807, 2.05) is 5.51 Å².